The number of hydrogen-bond acceptors (Lipinski definition) is 4. The molecule has 8 heteroatoms. The molecule has 126 valence electrons. The Morgan fingerprint density at radius 2 is 1.96 bits per heavy atom. The van der Waals surface area contributed by atoms with Crippen LogP contribution in [0.1, 0.15) is 0 Å². The van der Waals surface area contributed by atoms with Gasteiger partial charge in [-0.25, -0.2) is 17.8 Å². The van der Waals surface area contributed by atoms with Crippen molar-refractivity contribution in [3.05, 3.63) is 65.1 Å². The summed E-state index contributed by atoms with van der Waals surface area (Å²) >= 11 is 1.55. The van der Waals surface area contributed by atoms with Gasteiger partial charge in [-0.05, 0) is 41.8 Å². The number of imidazole rings is 1. The Morgan fingerprint density at radius 1 is 1.12 bits per heavy atom. The van der Waals surface area contributed by atoms with Gasteiger partial charge in [0, 0.05) is 10.9 Å². The molecule has 25 heavy (non-hydrogen) atoms. The van der Waals surface area contributed by atoms with E-state index in [1.54, 1.807) is 23.5 Å². The van der Waals surface area contributed by atoms with Gasteiger partial charge in [0.05, 0.1) is 21.6 Å². The van der Waals surface area contributed by atoms with Crippen LogP contribution in [-0.2, 0) is 10.0 Å². The third-order valence-electron chi connectivity index (χ3n) is 3.68. The zero-order valence-corrected chi connectivity index (χ0v) is 14.4. The molecule has 0 atom stereocenters. The molecule has 0 spiro atoms. The van der Waals surface area contributed by atoms with Crippen LogP contribution in [-0.4, -0.2) is 18.4 Å². The highest BCUT2D eigenvalue weighted by Gasteiger charge is 2.17. The SMILES string of the molecule is O=S(=O)(Nc1ccccc1F)c1ccc2nc(-c3ccsc3)[nH]c2c1. The van der Waals surface area contributed by atoms with E-state index in [9.17, 15) is 12.8 Å². The number of nitrogens with one attached hydrogen (secondary N) is 2. The average molecular weight is 373 g/mol. The van der Waals surface area contributed by atoms with E-state index in [-0.39, 0.29) is 10.6 Å². The van der Waals surface area contributed by atoms with E-state index < -0.39 is 15.8 Å². The van der Waals surface area contributed by atoms with Gasteiger partial charge < -0.3 is 4.98 Å². The monoisotopic (exact) mass is 373 g/mol. The first-order valence-corrected chi connectivity index (χ1v) is 9.75. The highest BCUT2D eigenvalue weighted by molar-refractivity contribution is 7.92. The molecule has 0 aliphatic heterocycles. The zero-order valence-electron chi connectivity index (χ0n) is 12.7. The number of halogens is 1. The van der Waals surface area contributed by atoms with Crippen LogP contribution in [0.3, 0.4) is 0 Å². The summed E-state index contributed by atoms with van der Waals surface area (Å²) in [5.41, 5.74) is 2.10. The molecule has 2 heterocycles. The van der Waals surface area contributed by atoms with Gasteiger partial charge in [0.15, 0.2) is 0 Å². The Kier molecular flexibility index (Phi) is 3.78. The molecule has 0 fully saturated rings. The van der Waals surface area contributed by atoms with Crippen molar-refractivity contribution in [2.75, 3.05) is 4.72 Å². The Labute approximate surface area is 147 Å². The Bertz CT molecular complexity index is 1150. The second kappa shape index (κ2) is 5.98. The standard InChI is InChI=1S/C17H12FN3O2S2/c18-13-3-1-2-4-14(13)21-25(22,23)12-5-6-15-16(9-12)20-17(19-15)11-7-8-24-10-11/h1-10,21H,(H,19,20). The molecule has 0 aliphatic rings. The Balaban J connectivity index is 1.72. The molecule has 0 radical (unpaired) electrons. The third kappa shape index (κ3) is 3.01. The summed E-state index contributed by atoms with van der Waals surface area (Å²) in [7, 11) is -3.91. The number of thiophene rings is 1. The summed E-state index contributed by atoms with van der Waals surface area (Å²) in [6.07, 6.45) is 0. The van der Waals surface area contributed by atoms with Crippen molar-refractivity contribution in [1.82, 2.24) is 9.97 Å². The van der Waals surface area contributed by atoms with Gasteiger partial charge in [-0.3, -0.25) is 4.72 Å². The minimum atomic E-state index is -3.91. The Morgan fingerprint density at radius 3 is 2.72 bits per heavy atom. The molecule has 2 aromatic heterocycles. The van der Waals surface area contributed by atoms with Crippen molar-refractivity contribution in [2.45, 2.75) is 4.90 Å². The fourth-order valence-corrected chi connectivity index (χ4v) is 4.17. The molecule has 0 bridgehead atoms. The lowest BCUT2D eigenvalue weighted by Gasteiger charge is -2.08. The van der Waals surface area contributed by atoms with Crippen LogP contribution in [0.5, 0.6) is 0 Å². The van der Waals surface area contributed by atoms with Crippen molar-refractivity contribution < 1.29 is 12.8 Å². The molecule has 0 saturated heterocycles. The molecular formula is C17H12FN3O2S2. The van der Waals surface area contributed by atoms with Gasteiger partial charge in [0.25, 0.3) is 10.0 Å². The first-order chi connectivity index (χ1) is 12.0. The van der Waals surface area contributed by atoms with Crippen molar-refractivity contribution in [3.8, 4) is 11.4 Å². The van der Waals surface area contributed by atoms with Gasteiger partial charge in [-0.15, -0.1) is 0 Å². The highest BCUT2D eigenvalue weighted by Crippen LogP contribution is 2.25. The number of benzene rings is 2. The first kappa shape index (κ1) is 15.8. The molecule has 5 nitrogen and oxygen atoms in total. The van der Waals surface area contributed by atoms with Gasteiger partial charge in [-0.2, -0.15) is 11.3 Å². The number of rotatable bonds is 4. The largest absolute Gasteiger partial charge is 0.338 e. The molecule has 0 amide bonds. The lowest BCUT2D eigenvalue weighted by molar-refractivity contribution is 0.598. The van der Waals surface area contributed by atoms with E-state index >= 15 is 0 Å². The van der Waals surface area contributed by atoms with E-state index in [1.807, 2.05) is 16.8 Å². The number of nitrogens with zero attached hydrogens (tertiary/aromatic N) is 1. The summed E-state index contributed by atoms with van der Waals surface area (Å²) in [4.78, 5) is 7.60. The molecule has 2 aromatic carbocycles. The van der Waals surface area contributed by atoms with Crippen molar-refractivity contribution in [3.63, 3.8) is 0 Å². The Hall–Kier alpha value is -2.71. The summed E-state index contributed by atoms with van der Waals surface area (Å²) in [6.45, 7) is 0. The van der Waals surface area contributed by atoms with E-state index in [0.717, 1.165) is 5.56 Å². The van der Waals surface area contributed by atoms with E-state index in [2.05, 4.69) is 14.7 Å². The van der Waals surface area contributed by atoms with Crippen molar-refractivity contribution >= 4 is 38.1 Å². The predicted octanol–water partition coefficient (Wildman–Crippen LogP) is 4.23. The number of fused-ring (bicyclic) bond motifs is 1. The molecule has 2 N–H and O–H groups in total. The van der Waals surface area contributed by atoms with Crippen LogP contribution < -0.4 is 4.72 Å². The average Bonchev–Trinajstić information content (AvgIpc) is 3.25. The number of H-pyrrole nitrogens is 1. The first-order valence-electron chi connectivity index (χ1n) is 7.33. The molecule has 0 unspecified atom stereocenters. The second-order valence-electron chi connectivity index (χ2n) is 5.36. The number of aromatic nitrogens is 2. The number of hydrogen-bond donors (Lipinski definition) is 2. The zero-order chi connectivity index (χ0) is 17.4. The van der Waals surface area contributed by atoms with Crippen LogP contribution in [0.2, 0.25) is 0 Å². The summed E-state index contributed by atoms with van der Waals surface area (Å²) in [5, 5.41) is 3.89. The van der Waals surface area contributed by atoms with Crippen LogP contribution in [0, 0.1) is 5.82 Å². The number of para-hydroxylation sites is 1. The molecular weight excluding hydrogens is 361 g/mol. The van der Waals surface area contributed by atoms with Gasteiger partial charge in [0.1, 0.15) is 11.6 Å². The number of aromatic amines is 1. The van der Waals surface area contributed by atoms with E-state index in [1.165, 1.54) is 30.3 Å². The summed E-state index contributed by atoms with van der Waals surface area (Å²) in [6, 6.07) is 12.1. The van der Waals surface area contributed by atoms with E-state index in [0.29, 0.717) is 16.9 Å². The normalized spacial score (nSPS) is 11.7. The maximum Gasteiger partial charge on any atom is 0.262 e. The predicted molar refractivity (Wildman–Crippen MR) is 96.6 cm³/mol. The molecule has 4 aromatic rings. The summed E-state index contributed by atoms with van der Waals surface area (Å²) in [5.74, 6) is 0.0429. The topological polar surface area (TPSA) is 74.8 Å². The quantitative estimate of drug-likeness (QED) is 0.562. The van der Waals surface area contributed by atoms with E-state index in [4.69, 9.17) is 0 Å². The smallest absolute Gasteiger partial charge is 0.262 e. The third-order valence-corrected chi connectivity index (χ3v) is 5.72. The van der Waals surface area contributed by atoms with Crippen molar-refractivity contribution in [1.29, 1.82) is 0 Å². The van der Waals surface area contributed by atoms with Crippen molar-refractivity contribution in [2.24, 2.45) is 0 Å². The fraction of sp³-hybridized carbons (Fsp3) is 0. The van der Waals surface area contributed by atoms with Gasteiger partial charge >= 0.3 is 0 Å². The lowest BCUT2D eigenvalue weighted by Crippen LogP contribution is -2.13. The lowest BCUT2D eigenvalue weighted by atomic mass is 10.3. The minimum absolute atomic E-state index is 0.0313. The van der Waals surface area contributed by atoms with Crippen LogP contribution >= 0.6 is 11.3 Å². The number of sulfonamides is 1. The number of anilines is 1. The van der Waals surface area contributed by atoms with Crippen LogP contribution in [0.25, 0.3) is 22.4 Å². The van der Waals surface area contributed by atoms with Gasteiger partial charge in [0.2, 0.25) is 0 Å². The minimum Gasteiger partial charge on any atom is -0.338 e. The van der Waals surface area contributed by atoms with Crippen LogP contribution in [0.4, 0.5) is 10.1 Å². The second-order valence-corrected chi connectivity index (χ2v) is 7.82. The molecule has 0 saturated carbocycles. The highest BCUT2D eigenvalue weighted by atomic mass is 32.2. The molecule has 0 aliphatic carbocycles. The maximum absolute atomic E-state index is 13.7. The maximum atomic E-state index is 13.7. The van der Waals surface area contributed by atoms with Crippen LogP contribution in [0.15, 0.2) is 64.2 Å². The molecule has 4 rings (SSSR count). The fourth-order valence-electron chi connectivity index (χ4n) is 2.44. The summed E-state index contributed by atoms with van der Waals surface area (Å²) < 4.78 is 41.0. The van der Waals surface area contributed by atoms with Gasteiger partial charge in [-0.1, -0.05) is 12.1 Å².